The lowest BCUT2D eigenvalue weighted by Crippen LogP contribution is -2.62. The molecule has 14 nitrogen and oxygen atoms in total. The first-order valence-corrected chi connectivity index (χ1v) is 14.3. The minimum absolute atomic E-state index is 0.0303. The van der Waals surface area contributed by atoms with Crippen LogP contribution in [0.1, 0.15) is 66.5 Å². The number of rotatable bonds is 15. The van der Waals surface area contributed by atoms with Crippen molar-refractivity contribution in [2.24, 2.45) is 16.5 Å². The van der Waals surface area contributed by atoms with Crippen molar-refractivity contribution in [3.8, 4) is 0 Å². The van der Waals surface area contributed by atoms with Gasteiger partial charge in [-0.25, -0.2) is 14.1 Å². The summed E-state index contributed by atoms with van der Waals surface area (Å²) >= 11 is 1.01. The molecule has 39 heavy (non-hydrogen) atoms. The molecule has 2 heterocycles. The van der Waals surface area contributed by atoms with Gasteiger partial charge in [-0.15, -0.1) is 11.3 Å². The Hall–Kier alpha value is -3.11. The number of carbonyl (C=O) groups is 4. The van der Waals surface area contributed by atoms with Gasteiger partial charge in [0.25, 0.3) is 0 Å². The van der Waals surface area contributed by atoms with Gasteiger partial charge in [0.2, 0.25) is 11.5 Å². The number of aliphatic carboxylic acids is 1. The van der Waals surface area contributed by atoms with Gasteiger partial charge < -0.3 is 20.4 Å². The van der Waals surface area contributed by atoms with Gasteiger partial charge in [0.1, 0.15) is 5.69 Å². The van der Waals surface area contributed by atoms with E-state index in [0.717, 1.165) is 11.3 Å². The van der Waals surface area contributed by atoms with Crippen molar-refractivity contribution in [2.75, 3.05) is 18.9 Å². The average Bonchev–Trinajstić information content (AvgIpc) is 3.26. The van der Waals surface area contributed by atoms with E-state index in [1.807, 2.05) is 0 Å². The fourth-order valence-electron chi connectivity index (χ4n) is 3.26. The summed E-state index contributed by atoms with van der Waals surface area (Å²) in [5.41, 5.74) is 2.88. The second-order valence-electron chi connectivity index (χ2n) is 10.2. The van der Waals surface area contributed by atoms with E-state index in [1.54, 1.807) is 20.8 Å². The second-order valence-corrected chi connectivity index (χ2v) is 12.6. The van der Waals surface area contributed by atoms with Crippen LogP contribution in [0, 0.1) is 11.3 Å². The maximum Gasteiger partial charge on any atom is 0.364 e. The smallest absolute Gasteiger partial charge is 0.364 e. The third-order valence-electron chi connectivity index (χ3n) is 5.97. The molecule has 2 rings (SSSR count). The summed E-state index contributed by atoms with van der Waals surface area (Å²) in [5, 5.41) is 14.5. The normalized spacial score (nSPS) is 18.5. The number of thiazole rings is 1. The van der Waals surface area contributed by atoms with Gasteiger partial charge >= 0.3 is 22.2 Å². The molecule has 2 atom stereocenters. The van der Waals surface area contributed by atoms with Crippen molar-refractivity contribution in [3.05, 3.63) is 11.1 Å². The molecule has 16 heteroatoms. The molecule has 0 bridgehead atoms. The third-order valence-corrected chi connectivity index (χ3v) is 8.05. The van der Waals surface area contributed by atoms with Gasteiger partial charge in [0, 0.05) is 18.2 Å². The molecule has 3 N–H and O–H groups in total. The molecule has 0 aliphatic carbocycles. The zero-order valence-corrected chi connectivity index (χ0v) is 24.3. The lowest BCUT2D eigenvalue weighted by molar-refractivity contribution is -0.161. The summed E-state index contributed by atoms with van der Waals surface area (Å²) in [4.78, 5) is 57.6. The number of oxime groups is 1. The van der Waals surface area contributed by atoms with Crippen LogP contribution in [0.3, 0.4) is 0 Å². The molecule has 0 aromatic carbocycles. The number of nitrogen functional groups attached to an aromatic ring is 1. The van der Waals surface area contributed by atoms with Crippen LogP contribution in [0.2, 0.25) is 0 Å². The molecule has 1 aliphatic heterocycles. The van der Waals surface area contributed by atoms with E-state index in [1.165, 1.54) is 26.2 Å². The molecule has 1 aliphatic rings. The number of amides is 1. The summed E-state index contributed by atoms with van der Waals surface area (Å²) in [6.07, 6.45) is 0.120. The monoisotopic (exact) mass is 590 g/mol. The highest BCUT2D eigenvalue weighted by Crippen LogP contribution is 2.34. The number of nitrogens with zero attached hydrogens (tertiary/aromatic N) is 3. The highest BCUT2D eigenvalue weighted by Gasteiger charge is 2.52. The molecule has 218 valence electrons. The number of esters is 1. The van der Waals surface area contributed by atoms with Crippen molar-refractivity contribution >= 4 is 56.1 Å². The molecule has 0 saturated carbocycles. The van der Waals surface area contributed by atoms with Crippen LogP contribution >= 0.6 is 11.3 Å². The van der Waals surface area contributed by atoms with Gasteiger partial charge in [-0.3, -0.25) is 18.6 Å². The minimum atomic E-state index is -4.46. The Labute approximate surface area is 230 Å². The highest BCUT2D eigenvalue weighted by molar-refractivity contribution is 7.85. The summed E-state index contributed by atoms with van der Waals surface area (Å²) in [7, 11) is -4.46. The van der Waals surface area contributed by atoms with Gasteiger partial charge in [-0.05, 0) is 32.6 Å². The van der Waals surface area contributed by atoms with Gasteiger partial charge in [0.05, 0.1) is 25.2 Å². The largest absolute Gasteiger partial charge is 0.478 e. The Morgan fingerprint density at radius 2 is 1.90 bits per heavy atom. The quantitative estimate of drug-likeness (QED) is 0.130. The number of carbonyl (C=O) groups excluding carboxylic acids is 3. The lowest BCUT2D eigenvalue weighted by atomic mass is 9.86. The van der Waals surface area contributed by atoms with Crippen LogP contribution in [0.25, 0.3) is 0 Å². The van der Waals surface area contributed by atoms with Gasteiger partial charge in [0.15, 0.2) is 16.6 Å². The van der Waals surface area contributed by atoms with E-state index in [-0.39, 0.29) is 42.1 Å². The maximum absolute atomic E-state index is 13.1. The number of ether oxygens (including phenoxy) is 1. The first-order valence-electron chi connectivity index (χ1n) is 12.0. The topological polar surface area (TPSA) is 205 Å². The lowest BCUT2D eigenvalue weighted by Gasteiger charge is -2.43. The number of hydrogen-bond donors (Lipinski definition) is 2. The number of carboxylic acid groups (broad SMARTS) is 1. The number of anilines is 1. The van der Waals surface area contributed by atoms with Crippen LogP contribution in [0.15, 0.2) is 10.5 Å². The number of carboxylic acids is 1. The van der Waals surface area contributed by atoms with Crippen molar-refractivity contribution in [2.45, 2.75) is 72.4 Å². The van der Waals surface area contributed by atoms with E-state index in [4.69, 9.17) is 19.5 Å². The molecule has 1 saturated heterocycles. The zero-order valence-electron chi connectivity index (χ0n) is 22.6. The Balaban J connectivity index is 2.08. The van der Waals surface area contributed by atoms with Crippen LogP contribution in [-0.4, -0.2) is 77.0 Å². The molecule has 1 aromatic heterocycles. The molecule has 0 unspecified atom stereocenters. The van der Waals surface area contributed by atoms with E-state index in [2.05, 4.69) is 10.1 Å². The van der Waals surface area contributed by atoms with Crippen molar-refractivity contribution < 1.29 is 46.5 Å². The Bertz CT molecular complexity index is 1240. The number of Topliss-reactive ketones (excluding diaryl/α,β-unsaturated/α-hetero) is 1. The number of β-lactam (4-membered cyclic amide) rings is 1. The van der Waals surface area contributed by atoms with Crippen LogP contribution in [-0.2, 0) is 43.2 Å². The average molecular weight is 591 g/mol. The predicted molar refractivity (Wildman–Crippen MR) is 140 cm³/mol. The van der Waals surface area contributed by atoms with Crippen LogP contribution < -0.4 is 5.73 Å². The number of ketones is 1. The van der Waals surface area contributed by atoms with E-state index >= 15 is 0 Å². The molecule has 0 radical (unpaired) electrons. The Morgan fingerprint density at radius 1 is 1.26 bits per heavy atom. The second kappa shape index (κ2) is 12.4. The van der Waals surface area contributed by atoms with Crippen LogP contribution in [0.4, 0.5) is 5.13 Å². The Morgan fingerprint density at radius 3 is 2.41 bits per heavy atom. The molecular formula is C23H34N4O10S2. The number of nitrogens with two attached hydrogens (primary N) is 1. The molecule has 1 aromatic rings. The van der Waals surface area contributed by atoms with Gasteiger partial charge in [-0.1, -0.05) is 25.9 Å². The molecule has 1 amide bonds. The fourth-order valence-corrected chi connectivity index (χ4v) is 5.30. The SMILES string of the molecule is CCC(=O)OCCC(C)(C)COS(=O)(=O)N1C(=O)[C@@H](CC(=O)/C(=N/OC(C)(C)C(=O)O)c2csc(N)n2)[C@@H]1C. The van der Waals surface area contributed by atoms with E-state index in [9.17, 15) is 32.7 Å². The van der Waals surface area contributed by atoms with Crippen LogP contribution in [0.5, 0.6) is 0 Å². The highest BCUT2D eigenvalue weighted by atomic mass is 32.2. The minimum Gasteiger partial charge on any atom is -0.478 e. The standard InChI is InChI=1S/C23H34N4O10S2/c1-7-17(29)35-9-8-22(3,4)12-36-39(33,34)27-13(2)14(19(27)30)10-16(28)18(15-11-38-21(24)25-15)26-37-23(5,6)20(31)32/h11,13-14H,7-10,12H2,1-6H3,(H2,24,25)(H,31,32)/b26-18+/t13-,14-/m0/s1. The summed E-state index contributed by atoms with van der Waals surface area (Å²) in [6, 6.07) is -0.904. The molecule has 0 spiro atoms. The van der Waals surface area contributed by atoms with Crippen molar-refractivity contribution in [1.82, 2.24) is 9.29 Å². The summed E-state index contributed by atoms with van der Waals surface area (Å²) in [5.74, 6) is -4.26. The zero-order chi connectivity index (χ0) is 29.8. The summed E-state index contributed by atoms with van der Waals surface area (Å²) < 4.78 is 36.2. The maximum atomic E-state index is 13.1. The van der Waals surface area contributed by atoms with E-state index in [0.29, 0.717) is 10.7 Å². The Kier molecular flexibility index (Phi) is 10.2. The summed E-state index contributed by atoms with van der Waals surface area (Å²) in [6.45, 7) is 8.86. The third kappa shape index (κ3) is 8.19. The predicted octanol–water partition coefficient (Wildman–Crippen LogP) is 1.75. The first kappa shape index (κ1) is 32.1. The fraction of sp³-hybridized carbons (Fsp3) is 0.652. The number of aromatic nitrogens is 1. The molecule has 1 fully saturated rings. The van der Waals surface area contributed by atoms with E-state index < -0.39 is 57.4 Å². The number of hydrogen-bond acceptors (Lipinski definition) is 13. The van der Waals surface area contributed by atoms with Crippen molar-refractivity contribution in [3.63, 3.8) is 0 Å². The van der Waals surface area contributed by atoms with Gasteiger partial charge in [-0.2, -0.15) is 8.42 Å². The van der Waals surface area contributed by atoms with Crippen molar-refractivity contribution in [1.29, 1.82) is 0 Å². The first-order chi connectivity index (χ1) is 17.9. The molecular weight excluding hydrogens is 556 g/mol.